The maximum atomic E-state index is 5.86. The quantitative estimate of drug-likeness (QED) is 0.773. The van der Waals surface area contributed by atoms with Crippen LogP contribution >= 0.6 is 0 Å². The van der Waals surface area contributed by atoms with Crippen LogP contribution in [0.3, 0.4) is 0 Å². The molecule has 1 aliphatic carbocycles. The normalized spacial score (nSPS) is 21.9. The third-order valence-electron chi connectivity index (χ3n) is 4.10. The average molecular weight is 284 g/mol. The second-order valence-corrected chi connectivity index (χ2v) is 5.82. The number of ether oxygens (including phenoxy) is 2. The summed E-state index contributed by atoms with van der Waals surface area (Å²) >= 11 is 0. The Morgan fingerprint density at radius 1 is 1.05 bits per heavy atom. The topological polar surface area (TPSA) is 18.5 Å². The largest absolute Gasteiger partial charge is 0.465 e. The number of allylic oxidation sites excluding steroid dienone is 4. The summed E-state index contributed by atoms with van der Waals surface area (Å²) < 4.78 is 11.5. The van der Waals surface area contributed by atoms with E-state index >= 15 is 0 Å². The molecule has 2 nitrogen and oxygen atoms in total. The Morgan fingerprint density at radius 3 is 2.67 bits per heavy atom. The maximum absolute atomic E-state index is 5.86. The number of hydrogen-bond donors (Lipinski definition) is 0. The van der Waals surface area contributed by atoms with Crippen molar-refractivity contribution in [1.82, 2.24) is 0 Å². The van der Waals surface area contributed by atoms with Crippen molar-refractivity contribution in [3.8, 4) is 5.75 Å². The molecule has 1 aromatic rings. The first-order chi connectivity index (χ1) is 10.4. The smallest absolute Gasteiger partial charge is 0.199 e. The van der Waals surface area contributed by atoms with E-state index in [1.807, 2.05) is 0 Å². The van der Waals surface area contributed by atoms with E-state index in [0.717, 1.165) is 38.0 Å². The summed E-state index contributed by atoms with van der Waals surface area (Å²) in [6, 6.07) is 8.48. The summed E-state index contributed by atoms with van der Waals surface area (Å²) in [5, 5.41) is 0. The van der Waals surface area contributed by atoms with Gasteiger partial charge in [-0.25, -0.2) is 0 Å². The van der Waals surface area contributed by atoms with E-state index in [1.165, 1.54) is 30.4 Å². The van der Waals surface area contributed by atoms with Crippen LogP contribution < -0.4 is 4.74 Å². The first kappa shape index (κ1) is 14.4. The average Bonchev–Trinajstić information content (AvgIpc) is 2.56. The van der Waals surface area contributed by atoms with E-state index in [4.69, 9.17) is 9.47 Å². The van der Waals surface area contributed by atoms with Crippen molar-refractivity contribution in [2.75, 3.05) is 6.61 Å². The highest BCUT2D eigenvalue weighted by Gasteiger charge is 2.14. The lowest BCUT2D eigenvalue weighted by Crippen LogP contribution is -2.24. The van der Waals surface area contributed by atoms with Crippen LogP contribution in [0.1, 0.15) is 44.1 Å². The zero-order chi connectivity index (χ0) is 14.3. The molecule has 1 aliphatic heterocycles. The Hall–Kier alpha value is -1.54. The van der Waals surface area contributed by atoms with Gasteiger partial charge >= 0.3 is 0 Å². The van der Waals surface area contributed by atoms with Gasteiger partial charge in [0, 0.05) is 6.42 Å². The molecule has 1 heterocycles. The summed E-state index contributed by atoms with van der Waals surface area (Å²) in [5.74, 6) is 0.919. The van der Waals surface area contributed by atoms with Gasteiger partial charge in [0.15, 0.2) is 6.29 Å². The van der Waals surface area contributed by atoms with Crippen molar-refractivity contribution < 1.29 is 9.47 Å². The lowest BCUT2D eigenvalue weighted by Gasteiger charge is -2.23. The molecule has 0 spiro atoms. The Bertz CT molecular complexity index is 493. The lowest BCUT2D eigenvalue weighted by atomic mass is 10.00. The van der Waals surface area contributed by atoms with Crippen molar-refractivity contribution in [3.63, 3.8) is 0 Å². The van der Waals surface area contributed by atoms with Gasteiger partial charge in [-0.2, -0.15) is 0 Å². The molecule has 0 bridgehead atoms. The van der Waals surface area contributed by atoms with Gasteiger partial charge in [0.25, 0.3) is 0 Å². The monoisotopic (exact) mass is 284 g/mol. The highest BCUT2D eigenvalue weighted by Crippen LogP contribution is 2.21. The summed E-state index contributed by atoms with van der Waals surface area (Å²) in [4.78, 5) is 0. The third kappa shape index (κ3) is 4.47. The van der Waals surface area contributed by atoms with E-state index < -0.39 is 0 Å². The first-order valence-corrected chi connectivity index (χ1v) is 8.13. The van der Waals surface area contributed by atoms with Gasteiger partial charge < -0.3 is 9.47 Å². The summed E-state index contributed by atoms with van der Waals surface area (Å²) in [6.07, 6.45) is 14.8. The van der Waals surface area contributed by atoms with Gasteiger partial charge in [0.1, 0.15) is 5.75 Å². The SMILES string of the molecule is C1=CC(CCc2ccc(OC3CCCCO3)cc2)=CCC1. The van der Waals surface area contributed by atoms with E-state index in [1.54, 1.807) is 0 Å². The fourth-order valence-corrected chi connectivity index (χ4v) is 2.83. The molecule has 1 atom stereocenters. The van der Waals surface area contributed by atoms with E-state index in [0.29, 0.717) is 0 Å². The minimum absolute atomic E-state index is 0.0536. The third-order valence-corrected chi connectivity index (χ3v) is 4.10. The second kappa shape index (κ2) is 7.46. The fraction of sp³-hybridized carbons (Fsp3) is 0.474. The van der Waals surface area contributed by atoms with Crippen LogP contribution in [0.4, 0.5) is 0 Å². The van der Waals surface area contributed by atoms with Crippen LogP contribution in [0, 0.1) is 0 Å². The van der Waals surface area contributed by atoms with Crippen LogP contribution in [0.5, 0.6) is 5.75 Å². The molecule has 0 radical (unpaired) electrons. The number of rotatable bonds is 5. The molecule has 0 amide bonds. The van der Waals surface area contributed by atoms with Gasteiger partial charge in [-0.1, -0.05) is 35.9 Å². The molecule has 1 aromatic carbocycles. The highest BCUT2D eigenvalue weighted by atomic mass is 16.7. The van der Waals surface area contributed by atoms with E-state index in [-0.39, 0.29) is 6.29 Å². The molecule has 1 saturated heterocycles. The minimum Gasteiger partial charge on any atom is -0.465 e. The second-order valence-electron chi connectivity index (χ2n) is 5.82. The molecule has 2 heteroatoms. The molecule has 2 aliphatic rings. The lowest BCUT2D eigenvalue weighted by molar-refractivity contribution is -0.105. The van der Waals surface area contributed by atoms with Crippen molar-refractivity contribution in [3.05, 3.63) is 53.6 Å². The molecule has 0 saturated carbocycles. The zero-order valence-corrected chi connectivity index (χ0v) is 12.6. The highest BCUT2D eigenvalue weighted by molar-refractivity contribution is 5.29. The maximum Gasteiger partial charge on any atom is 0.199 e. The molecular formula is C19H24O2. The molecule has 1 unspecified atom stereocenters. The van der Waals surface area contributed by atoms with E-state index in [9.17, 15) is 0 Å². The molecule has 112 valence electrons. The van der Waals surface area contributed by atoms with Crippen LogP contribution in [-0.4, -0.2) is 12.9 Å². The van der Waals surface area contributed by atoms with E-state index in [2.05, 4.69) is 42.5 Å². The van der Waals surface area contributed by atoms with Crippen LogP contribution in [0.25, 0.3) is 0 Å². The van der Waals surface area contributed by atoms with Crippen LogP contribution in [0.15, 0.2) is 48.1 Å². The van der Waals surface area contributed by atoms with Gasteiger partial charge in [0.2, 0.25) is 0 Å². The Kier molecular flexibility index (Phi) is 5.12. The fourth-order valence-electron chi connectivity index (χ4n) is 2.83. The van der Waals surface area contributed by atoms with Crippen molar-refractivity contribution in [2.45, 2.75) is 51.2 Å². The van der Waals surface area contributed by atoms with Crippen molar-refractivity contribution >= 4 is 0 Å². The van der Waals surface area contributed by atoms with Gasteiger partial charge in [-0.3, -0.25) is 0 Å². The molecule has 0 N–H and O–H groups in total. The first-order valence-electron chi connectivity index (χ1n) is 8.13. The van der Waals surface area contributed by atoms with Crippen molar-refractivity contribution in [1.29, 1.82) is 0 Å². The Labute approximate surface area is 127 Å². The molecular weight excluding hydrogens is 260 g/mol. The van der Waals surface area contributed by atoms with Gasteiger partial charge in [-0.15, -0.1) is 0 Å². The summed E-state index contributed by atoms with van der Waals surface area (Å²) in [6.45, 7) is 0.825. The van der Waals surface area contributed by atoms with Crippen LogP contribution in [0.2, 0.25) is 0 Å². The predicted octanol–water partition coefficient (Wildman–Crippen LogP) is 4.80. The molecule has 21 heavy (non-hydrogen) atoms. The number of benzene rings is 1. The number of hydrogen-bond acceptors (Lipinski definition) is 2. The Balaban J connectivity index is 1.49. The molecule has 3 rings (SSSR count). The standard InChI is InChI=1S/C19H24O2/c1-2-6-16(7-3-1)9-10-17-11-13-18(14-12-17)21-19-8-4-5-15-20-19/h2,6-7,11-14,19H,1,3-5,8-10,15H2. The minimum atomic E-state index is -0.0536. The summed E-state index contributed by atoms with van der Waals surface area (Å²) in [7, 11) is 0. The number of aryl methyl sites for hydroxylation is 1. The predicted molar refractivity (Wildman–Crippen MR) is 85.4 cm³/mol. The molecule has 1 fully saturated rings. The van der Waals surface area contributed by atoms with Crippen molar-refractivity contribution in [2.24, 2.45) is 0 Å². The zero-order valence-electron chi connectivity index (χ0n) is 12.6. The van der Waals surface area contributed by atoms with Gasteiger partial charge in [-0.05, 0) is 56.2 Å². The Morgan fingerprint density at radius 2 is 1.95 bits per heavy atom. The van der Waals surface area contributed by atoms with Gasteiger partial charge in [0.05, 0.1) is 6.61 Å². The summed E-state index contributed by atoms with van der Waals surface area (Å²) in [5.41, 5.74) is 2.84. The van der Waals surface area contributed by atoms with Crippen LogP contribution in [-0.2, 0) is 11.2 Å². The molecule has 0 aromatic heterocycles.